The van der Waals surface area contributed by atoms with Crippen LogP contribution in [0.3, 0.4) is 0 Å². The Balaban J connectivity index is 1.87. The van der Waals surface area contributed by atoms with Gasteiger partial charge in [-0.2, -0.15) is 0 Å². The Bertz CT molecular complexity index is 701. The lowest BCUT2D eigenvalue weighted by Gasteiger charge is -2.10. The molecule has 24 heavy (non-hydrogen) atoms. The average Bonchev–Trinajstić information content (AvgIpc) is 2.60. The topological polar surface area (TPSA) is 56.8 Å². The molecule has 2 aromatic carbocycles. The maximum absolute atomic E-state index is 13.0. The molecule has 7 heteroatoms. The summed E-state index contributed by atoms with van der Waals surface area (Å²) in [5.41, 5.74) is 0.823. The van der Waals surface area contributed by atoms with E-state index in [0.29, 0.717) is 23.8 Å². The van der Waals surface area contributed by atoms with Gasteiger partial charge in [0.05, 0.1) is 19.2 Å². The molecule has 0 aromatic heterocycles. The lowest BCUT2D eigenvalue weighted by Crippen LogP contribution is -2.28. The zero-order chi connectivity index (χ0) is 17.5. The van der Waals surface area contributed by atoms with Gasteiger partial charge in [-0.3, -0.25) is 4.79 Å². The van der Waals surface area contributed by atoms with Gasteiger partial charge in [0.15, 0.2) is 6.61 Å². The third-order valence-electron chi connectivity index (χ3n) is 3.16. The van der Waals surface area contributed by atoms with Crippen LogP contribution in [0, 0.1) is 5.82 Å². The predicted octanol–water partition coefficient (Wildman–Crippen LogP) is 3.19. The average molecular weight is 354 g/mol. The fraction of sp³-hybridized carbons (Fsp3) is 0.235. The number of halogens is 2. The molecule has 0 unspecified atom stereocenters. The first-order valence-electron chi connectivity index (χ1n) is 7.08. The third kappa shape index (κ3) is 5.03. The largest absolute Gasteiger partial charge is 0.497 e. The van der Waals surface area contributed by atoms with Crippen molar-refractivity contribution in [3.05, 3.63) is 52.8 Å². The molecule has 0 heterocycles. The first-order valence-corrected chi connectivity index (χ1v) is 7.46. The molecule has 128 valence electrons. The van der Waals surface area contributed by atoms with Crippen LogP contribution in [-0.4, -0.2) is 26.7 Å². The lowest BCUT2D eigenvalue weighted by atomic mass is 10.2. The van der Waals surface area contributed by atoms with Gasteiger partial charge in [0, 0.05) is 18.7 Å². The number of methoxy groups -OCH3 is 2. The Hall–Kier alpha value is -2.47. The Morgan fingerprint density at radius 3 is 2.33 bits per heavy atom. The van der Waals surface area contributed by atoms with Gasteiger partial charge in [0.25, 0.3) is 5.91 Å². The number of hydrogen-bond donors (Lipinski definition) is 1. The van der Waals surface area contributed by atoms with Gasteiger partial charge >= 0.3 is 0 Å². The SMILES string of the molecule is COc1cc(CNC(=O)COc2ccc(F)c(Cl)c2)cc(OC)c1. The third-order valence-corrected chi connectivity index (χ3v) is 3.45. The fourth-order valence-corrected chi connectivity index (χ4v) is 2.11. The molecule has 0 aliphatic carbocycles. The van der Waals surface area contributed by atoms with E-state index in [2.05, 4.69) is 5.32 Å². The van der Waals surface area contributed by atoms with E-state index in [1.165, 1.54) is 18.2 Å². The van der Waals surface area contributed by atoms with Gasteiger partial charge in [-0.05, 0) is 29.8 Å². The maximum atomic E-state index is 13.0. The number of nitrogens with one attached hydrogen (secondary N) is 1. The van der Waals surface area contributed by atoms with Crippen molar-refractivity contribution in [3.8, 4) is 17.2 Å². The molecule has 1 N–H and O–H groups in total. The number of ether oxygens (including phenoxy) is 3. The molecule has 2 aromatic rings. The van der Waals surface area contributed by atoms with Crippen molar-refractivity contribution in [2.45, 2.75) is 6.54 Å². The normalized spacial score (nSPS) is 10.2. The molecule has 0 spiro atoms. The smallest absolute Gasteiger partial charge is 0.258 e. The van der Waals surface area contributed by atoms with Gasteiger partial charge < -0.3 is 19.5 Å². The van der Waals surface area contributed by atoms with Crippen LogP contribution in [-0.2, 0) is 11.3 Å². The van der Waals surface area contributed by atoms with Gasteiger partial charge in [-0.1, -0.05) is 11.6 Å². The second-order valence-corrected chi connectivity index (χ2v) is 5.27. The number of carbonyl (C=O) groups excluding carboxylic acids is 1. The van der Waals surface area contributed by atoms with E-state index >= 15 is 0 Å². The Kier molecular flexibility index (Phi) is 6.26. The van der Waals surface area contributed by atoms with Crippen LogP contribution in [0.5, 0.6) is 17.2 Å². The molecular weight excluding hydrogens is 337 g/mol. The van der Waals surface area contributed by atoms with Crippen LogP contribution < -0.4 is 19.5 Å². The minimum Gasteiger partial charge on any atom is -0.497 e. The van der Waals surface area contributed by atoms with Crippen LogP contribution in [0.4, 0.5) is 4.39 Å². The van der Waals surface area contributed by atoms with Crippen LogP contribution in [0.2, 0.25) is 5.02 Å². The molecule has 2 rings (SSSR count). The summed E-state index contributed by atoms with van der Waals surface area (Å²) in [5, 5.41) is 2.66. The molecule has 0 radical (unpaired) electrons. The van der Waals surface area contributed by atoms with Crippen LogP contribution in [0.15, 0.2) is 36.4 Å². The summed E-state index contributed by atoms with van der Waals surface area (Å²) in [6, 6.07) is 9.23. The number of benzene rings is 2. The zero-order valence-electron chi connectivity index (χ0n) is 13.3. The maximum Gasteiger partial charge on any atom is 0.258 e. The molecule has 0 saturated carbocycles. The molecule has 1 amide bonds. The highest BCUT2D eigenvalue weighted by Gasteiger charge is 2.07. The summed E-state index contributed by atoms with van der Waals surface area (Å²) in [5.74, 6) is 0.726. The van der Waals surface area contributed by atoms with Gasteiger partial charge in [0.2, 0.25) is 0 Å². The van der Waals surface area contributed by atoms with E-state index in [-0.39, 0.29) is 17.5 Å². The first-order chi connectivity index (χ1) is 11.5. The summed E-state index contributed by atoms with van der Waals surface area (Å²) < 4.78 is 28.7. The number of carbonyl (C=O) groups is 1. The Morgan fingerprint density at radius 1 is 1.08 bits per heavy atom. The van der Waals surface area contributed by atoms with E-state index in [9.17, 15) is 9.18 Å². The quantitative estimate of drug-likeness (QED) is 0.830. The Labute approximate surface area is 144 Å². The van der Waals surface area contributed by atoms with E-state index in [4.69, 9.17) is 25.8 Å². The molecule has 5 nitrogen and oxygen atoms in total. The first kappa shape index (κ1) is 17.9. The molecule has 0 saturated heterocycles. The van der Waals surface area contributed by atoms with Crippen LogP contribution in [0.25, 0.3) is 0 Å². The summed E-state index contributed by atoms with van der Waals surface area (Å²) in [6.07, 6.45) is 0. The van der Waals surface area contributed by atoms with Gasteiger partial charge in [-0.15, -0.1) is 0 Å². The van der Waals surface area contributed by atoms with E-state index < -0.39 is 5.82 Å². The van der Waals surface area contributed by atoms with Gasteiger partial charge in [-0.25, -0.2) is 4.39 Å². The van der Waals surface area contributed by atoms with Crippen molar-refractivity contribution >= 4 is 17.5 Å². The summed E-state index contributed by atoms with van der Waals surface area (Å²) >= 11 is 5.65. The number of rotatable bonds is 7. The highest BCUT2D eigenvalue weighted by Crippen LogP contribution is 2.22. The van der Waals surface area contributed by atoms with E-state index in [1.807, 2.05) is 0 Å². The van der Waals surface area contributed by atoms with Crippen LogP contribution in [0.1, 0.15) is 5.56 Å². The highest BCUT2D eigenvalue weighted by atomic mass is 35.5. The minimum absolute atomic E-state index is 0.0589. The molecule has 0 aliphatic heterocycles. The van der Waals surface area contributed by atoms with Crippen LogP contribution >= 0.6 is 11.6 Å². The summed E-state index contributed by atoms with van der Waals surface area (Å²) in [6.45, 7) is 0.0863. The van der Waals surface area contributed by atoms with E-state index in [1.54, 1.807) is 32.4 Å². The van der Waals surface area contributed by atoms with Crippen molar-refractivity contribution in [1.29, 1.82) is 0 Å². The minimum atomic E-state index is -0.541. The zero-order valence-corrected chi connectivity index (χ0v) is 14.0. The van der Waals surface area contributed by atoms with Crippen molar-refractivity contribution in [2.75, 3.05) is 20.8 Å². The van der Waals surface area contributed by atoms with Crippen molar-refractivity contribution < 1.29 is 23.4 Å². The summed E-state index contributed by atoms with van der Waals surface area (Å²) in [4.78, 5) is 11.8. The molecule has 0 aliphatic rings. The molecule has 0 bridgehead atoms. The molecular formula is C17H17ClFNO4. The van der Waals surface area contributed by atoms with Crippen molar-refractivity contribution in [2.24, 2.45) is 0 Å². The molecule has 0 atom stereocenters. The molecule has 0 fully saturated rings. The second-order valence-electron chi connectivity index (χ2n) is 4.86. The Morgan fingerprint density at radius 2 is 1.75 bits per heavy atom. The monoisotopic (exact) mass is 353 g/mol. The predicted molar refractivity (Wildman–Crippen MR) is 88.3 cm³/mol. The second kappa shape index (κ2) is 8.40. The number of hydrogen-bond acceptors (Lipinski definition) is 4. The fourth-order valence-electron chi connectivity index (χ4n) is 1.94. The standard InChI is InChI=1S/C17H17ClFNO4/c1-22-13-5-11(6-14(7-13)23-2)9-20-17(21)10-24-12-3-4-16(19)15(18)8-12/h3-8H,9-10H2,1-2H3,(H,20,21). The lowest BCUT2D eigenvalue weighted by molar-refractivity contribution is -0.123. The summed E-state index contributed by atoms with van der Waals surface area (Å²) in [7, 11) is 3.11. The van der Waals surface area contributed by atoms with Crippen molar-refractivity contribution in [1.82, 2.24) is 5.32 Å². The number of amides is 1. The van der Waals surface area contributed by atoms with Gasteiger partial charge in [0.1, 0.15) is 23.1 Å². The highest BCUT2D eigenvalue weighted by molar-refractivity contribution is 6.30. The van der Waals surface area contributed by atoms with E-state index in [0.717, 1.165) is 5.56 Å². The van der Waals surface area contributed by atoms with Crippen molar-refractivity contribution in [3.63, 3.8) is 0 Å².